The number of nitrogens with zero attached hydrogens (tertiary/aromatic N) is 2. The van der Waals surface area contributed by atoms with Crippen molar-refractivity contribution in [3.63, 3.8) is 0 Å². The van der Waals surface area contributed by atoms with Gasteiger partial charge in [-0.1, -0.05) is 36.0 Å². The molecule has 1 heterocycles. The summed E-state index contributed by atoms with van der Waals surface area (Å²) in [7, 11) is 1.35. The number of methoxy groups -OCH3 is 1. The van der Waals surface area contributed by atoms with Crippen LogP contribution in [0, 0.1) is 12.7 Å². The third kappa shape index (κ3) is 4.92. The van der Waals surface area contributed by atoms with Crippen LogP contribution in [-0.2, 0) is 9.53 Å². The van der Waals surface area contributed by atoms with Crippen molar-refractivity contribution in [1.29, 1.82) is 0 Å². The Morgan fingerprint density at radius 1 is 1.06 bits per heavy atom. The van der Waals surface area contributed by atoms with E-state index in [4.69, 9.17) is 4.74 Å². The van der Waals surface area contributed by atoms with E-state index in [0.29, 0.717) is 16.8 Å². The molecule has 0 radical (unpaired) electrons. The van der Waals surface area contributed by atoms with Crippen molar-refractivity contribution in [2.45, 2.75) is 26.3 Å². The number of thiazole rings is 1. The lowest BCUT2D eigenvalue weighted by atomic mass is 10.1. The largest absolute Gasteiger partial charge is 0.467 e. The lowest BCUT2D eigenvalue weighted by molar-refractivity contribution is -0.144. The van der Waals surface area contributed by atoms with Crippen molar-refractivity contribution in [3.8, 4) is 0 Å². The van der Waals surface area contributed by atoms with Gasteiger partial charge in [-0.15, -0.1) is 0 Å². The van der Waals surface area contributed by atoms with Crippen molar-refractivity contribution >= 4 is 44.8 Å². The summed E-state index contributed by atoms with van der Waals surface area (Å²) in [6.45, 7) is 3.83. The van der Waals surface area contributed by atoms with Gasteiger partial charge in [0.1, 0.15) is 11.9 Å². The number of aryl methyl sites for hydroxylation is 1. The Hall–Kier alpha value is -3.78. The van der Waals surface area contributed by atoms with Crippen LogP contribution in [0.5, 0.6) is 0 Å². The van der Waals surface area contributed by atoms with E-state index in [0.717, 1.165) is 27.2 Å². The van der Waals surface area contributed by atoms with E-state index in [9.17, 15) is 14.0 Å². The molecule has 174 valence electrons. The topological polar surface area (TPSA) is 72.7 Å². The summed E-state index contributed by atoms with van der Waals surface area (Å²) in [5.41, 5.74) is 3.81. The standard InChI is InChI=1S/C26H24FN3O3S/c1-4-21(25(32)33-3)30-22-14-13-20(28-19-11-9-18(27)10-12-19)15-23(22)34-26(30)29-24(31)17-7-5-16(2)6-8-17/h5-15,21,28H,4H2,1-3H3/b29-26-. The number of fused-ring (bicyclic) bond motifs is 1. The lowest BCUT2D eigenvalue weighted by Crippen LogP contribution is -2.28. The second kappa shape index (κ2) is 10.0. The number of anilines is 2. The summed E-state index contributed by atoms with van der Waals surface area (Å²) in [4.78, 5) is 30.3. The molecular formula is C26H24FN3O3S. The average Bonchev–Trinajstić information content (AvgIpc) is 3.18. The van der Waals surface area contributed by atoms with Crippen LogP contribution in [0.4, 0.5) is 15.8 Å². The van der Waals surface area contributed by atoms with Gasteiger partial charge in [0.05, 0.1) is 17.3 Å². The molecule has 0 aliphatic carbocycles. The summed E-state index contributed by atoms with van der Waals surface area (Å²) >= 11 is 1.32. The highest BCUT2D eigenvalue weighted by Crippen LogP contribution is 2.28. The van der Waals surface area contributed by atoms with E-state index in [-0.39, 0.29) is 11.7 Å². The molecule has 4 rings (SSSR count). The first-order chi connectivity index (χ1) is 16.4. The zero-order valence-electron chi connectivity index (χ0n) is 19.0. The van der Waals surface area contributed by atoms with Crippen LogP contribution < -0.4 is 10.1 Å². The smallest absolute Gasteiger partial charge is 0.328 e. The first-order valence-electron chi connectivity index (χ1n) is 10.8. The van der Waals surface area contributed by atoms with E-state index in [1.165, 1.54) is 30.6 Å². The molecule has 1 unspecified atom stereocenters. The van der Waals surface area contributed by atoms with Crippen LogP contribution >= 0.6 is 11.3 Å². The Bertz CT molecular complexity index is 1410. The van der Waals surface area contributed by atoms with Crippen molar-refractivity contribution < 1.29 is 18.7 Å². The molecule has 0 bridgehead atoms. The van der Waals surface area contributed by atoms with Crippen LogP contribution in [0.1, 0.15) is 35.3 Å². The molecule has 1 aromatic heterocycles. The maximum atomic E-state index is 13.2. The van der Waals surface area contributed by atoms with Gasteiger partial charge in [-0.2, -0.15) is 4.99 Å². The number of nitrogens with one attached hydrogen (secondary N) is 1. The van der Waals surface area contributed by atoms with E-state index in [1.807, 2.05) is 44.2 Å². The second-order valence-corrected chi connectivity index (χ2v) is 8.81. The van der Waals surface area contributed by atoms with Crippen LogP contribution in [0.3, 0.4) is 0 Å². The van der Waals surface area contributed by atoms with Gasteiger partial charge in [0.15, 0.2) is 4.80 Å². The average molecular weight is 478 g/mol. The maximum absolute atomic E-state index is 13.2. The van der Waals surface area contributed by atoms with Gasteiger partial charge in [-0.3, -0.25) is 4.79 Å². The number of amides is 1. The lowest BCUT2D eigenvalue weighted by Gasteiger charge is -2.16. The zero-order valence-corrected chi connectivity index (χ0v) is 19.9. The van der Waals surface area contributed by atoms with Gasteiger partial charge >= 0.3 is 5.97 Å². The Morgan fingerprint density at radius 3 is 2.38 bits per heavy atom. The predicted octanol–water partition coefficient (Wildman–Crippen LogP) is 5.76. The normalized spacial score (nSPS) is 12.5. The molecule has 3 aromatic carbocycles. The first-order valence-corrected chi connectivity index (χ1v) is 11.6. The Kier molecular flexibility index (Phi) is 6.88. The molecule has 1 atom stereocenters. The minimum atomic E-state index is -0.626. The molecule has 4 aromatic rings. The Labute approximate surface area is 200 Å². The summed E-state index contributed by atoms with van der Waals surface area (Å²) < 4.78 is 20.8. The summed E-state index contributed by atoms with van der Waals surface area (Å²) in [6.07, 6.45) is 0.472. The fourth-order valence-electron chi connectivity index (χ4n) is 3.64. The first kappa shape index (κ1) is 23.4. The van der Waals surface area contributed by atoms with Gasteiger partial charge in [-0.05, 0) is 67.9 Å². The number of carbonyl (C=O) groups is 2. The molecule has 1 N–H and O–H groups in total. The van der Waals surface area contributed by atoms with Gasteiger partial charge in [0.25, 0.3) is 5.91 Å². The van der Waals surface area contributed by atoms with Gasteiger partial charge in [-0.25, -0.2) is 9.18 Å². The third-order valence-corrected chi connectivity index (χ3v) is 6.44. The van der Waals surface area contributed by atoms with Crippen molar-refractivity contribution in [2.24, 2.45) is 4.99 Å². The molecule has 0 saturated heterocycles. The predicted molar refractivity (Wildman–Crippen MR) is 132 cm³/mol. The number of aromatic nitrogens is 1. The number of rotatable bonds is 6. The van der Waals surface area contributed by atoms with Gasteiger partial charge in [0, 0.05) is 16.9 Å². The number of hydrogen-bond donors (Lipinski definition) is 1. The number of halogens is 1. The number of benzene rings is 3. The highest BCUT2D eigenvalue weighted by molar-refractivity contribution is 7.16. The van der Waals surface area contributed by atoms with Crippen LogP contribution in [0.25, 0.3) is 10.2 Å². The highest BCUT2D eigenvalue weighted by Gasteiger charge is 2.23. The summed E-state index contributed by atoms with van der Waals surface area (Å²) in [6, 6.07) is 18.3. The molecule has 1 amide bonds. The van der Waals surface area contributed by atoms with Gasteiger partial charge in [0.2, 0.25) is 0 Å². The molecule has 0 saturated carbocycles. The third-order valence-electron chi connectivity index (χ3n) is 5.43. The summed E-state index contributed by atoms with van der Waals surface area (Å²) in [5.74, 6) is -1.09. The number of hydrogen-bond acceptors (Lipinski definition) is 5. The molecular weight excluding hydrogens is 453 g/mol. The minimum Gasteiger partial charge on any atom is -0.467 e. The van der Waals surface area contributed by atoms with E-state index in [2.05, 4.69) is 10.3 Å². The van der Waals surface area contributed by atoms with Crippen LogP contribution in [-0.4, -0.2) is 23.6 Å². The van der Waals surface area contributed by atoms with Crippen molar-refractivity contribution in [1.82, 2.24) is 4.57 Å². The van der Waals surface area contributed by atoms with Crippen molar-refractivity contribution in [2.75, 3.05) is 12.4 Å². The molecule has 6 nitrogen and oxygen atoms in total. The monoisotopic (exact) mass is 477 g/mol. The van der Waals surface area contributed by atoms with Gasteiger partial charge < -0.3 is 14.6 Å². The van der Waals surface area contributed by atoms with Crippen molar-refractivity contribution in [3.05, 3.63) is 88.5 Å². The van der Waals surface area contributed by atoms with Crippen LogP contribution in [0.2, 0.25) is 0 Å². The maximum Gasteiger partial charge on any atom is 0.328 e. The molecule has 0 fully saturated rings. The number of carbonyl (C=O) groups excluding carboxylic acids is 2. The highest BCUT2D eigenvalue weighted by atomic mass is 32.1. The molecule has 0 aliphatic heterocycles. The number of ether oxygens (including phenoxy) is 1. The van der Waals surface area contributed by atoms with E-state index in [1.54, 1.807) is 28.8 Å². The quantitative estimate of drug-likeness (QED) is 0.359. The SMILES string of the molecule is CCC(C(=O)OC)n1/c(=N/C(=O)c2ccc(C)cc2)sc2cc(Nc3ccc(F)cc3)ccc21. The number of esters is 1. The van der Waals surface area contributed by atoms with E-state index < -0.39 is 12.0 Å². The fourth-order valence-corrected chi connectivity index (χ4v) is 4.75. The molecule has 34 heavy (non-hydrogen) atoms. The summed E-state index contributed by atoms with van der Waals surface area (Å²) in [5, 5.41) is 3.24. The Balaban J connectivity index is 1.82. The molecule has 8 heteroatoms. The second-order valence-electron chi connectivity index (χ2n) is 7.80. The molecule has 0 aliphatic rings. The minimum absolute atomic E-state index is 0.307. The molecule has 0 spiro atoms. The van der Waals surface area contributed by atoms with Crippen LogP contribution in [0.15, 0.2) is 71.7 Å². The van der Waals surface area contributed by atoms with E-state index >= 15 is 0 Å². The zero-order chi connectivity index (χ0) is 24.2. The fraction of sp³-hybridized carbons (Fsp3) is 0.192. The Morgan fingerprint density at radius 2 is 1.74 bits per heavy atom.